The van der Waals surface area contributed by atoms with Crippen LogP contribution >= 0.6 is 11.6 Å². The molecule has 0 aromatic heterocycles. The number of hydrogen-bond donors (Lipinski definition) is 2. The van der Waals surface area contributed by atoms with Crippen LogP contribution in [0, 0.1) is 17.2 Å². The lowest BCUT2D eigenvalue weighted by molar-refractivity contribution is -0.141. The Morgan fingerprint density at radius 3 is 2.74 bits per heavy atom. The van der Waals surface area contributed by atoms with Crippen molar-refractivity contribution >= 4 is 29.2 Å². The molecular weight excluding hydrogens is 268 g/mol. The highest BCUT2D eigenvalue weighted by molar-refractivity contribution is 6.32. The van der Waals surface area contributed by atoms with Crippen molar-refractivity contribution in [3.8, 4) is 6.07 Å². The zero-order valence-electron chi connectivity index (χ0n) is 10.3. The van der Waals surface area contributed by atoms with Gasteiger partial charge in [-0.1, -0.05) is 18.5 Å². The SMILES string of the molecule is C[C@H](CCC(=O)Nc1ccc(C#N)c(Cl)c1)C(=O)O. The standard InChI is InChI=1S/C13H13ClN2O3/c1-8(13(18)19)2-5-12(17)16-10-4-3-9(7-15)11(14)6-10/h3-4,6,8H,2,5H2,1H3,(H,16,17)(H,18,19)/t8-/m1/s1. The van der Waals surface area contributed by atoms with Crippen LogP contribution in [-0.2, 0) is 9.59 Å². The van der Waals surface area contributed by atoms with Crippen molar-refractivity contribution in [3.63, 3.8) is 0 Å². The molecule has 0 heterocycles. The average Bonchev–Trinajstić information content (AvgIpc) is 2.36. The van der Waals surface area contributed by atoms with Crippen LogP contribution in [0.4, 0.5) is 5.69 Å². The summed E-state index contributed by atoms with van der Waals surface area (Å²) in [4.78, 5) is 22.2. The summed E-state index contributed by atoms with van der Waals surface area (Å²) in [7, 11) is 0. The van der Waals surface area contributed by atoms with Gasteiger partial charge in [-0.05, 0) is 24.6 Å². The first-order valence-corrected chi connectivity index (χ1v) is 6.04. The van der Waals surface area contributed by atoms with Crippen LogP contribution in [0.2, 0.25) is 5.02 Å². The van der Waals surface area contributed by atoms with Crippen molar-refractivity contribution < 1.29 is 14.7 Å². The predicted molar refractivity (Wildman–Crippen MR) is 70.8 cm³/mol. The number of carboxylic acid groups (broad SMARTS) is 1. The van der Waals surface area contributed by atoms with E-state index in [2.05, 4.69) is 5.32 Å². The van der Waals surface area contributed by atoms with Crippen LogP contribution in [0.3, 0.4) is 0 Å². The molecule has 0 fully saturated rings. The fourth-order valence-electron chi connectivity index (χ4n) is 1.38. The normalized spacial score (nSPS) is 11.4. The van der Waals surface area contributed by atoms with Gasteiger partial charge in [0, 0.05) is 12.1 Å². The van der Waals surface area contributed by atoms with Gasteiger partial charge >= 0.3 is 5.97 Å². The van der Waals surface area contributed by atoms with Crippen molar-refractivity contribution in [1.82, 2.24) is 0 Å². The summed E-state index contributed by atoms with van der Waals surface area (Å²) in [5.41, 5.74) is 0.816. The summed E-state index contributed by atoms with van der Waals surface area (Å²) >= 11 is 5.83. The topological polar surface area (TPSA) is 90.2 Å². The molecule has 0 aliphatic heterocycles. The smallest absolute Gasteiger partial charge is 0.306 e. The minimum atomic E-state index is -0.922. The summed E-state index contributed by atoms with van der Waals surface area (Å²) in [6.07, 6.45) is 0.385. The minimum Gasteiger partial charge on any atom is -0.481 e. The number of aliphatic carboxylic acids is 1. The number of halogens is 1. The Hall–Kier alpha value is -2.06. The van der Waals surface area contributed by atoms with E-state index in [1.54, 1.807) is 13.0 Å². The van der Waals surface area contributed by atoms with Gasteiger partial charge in [0.2, 0.25) is 5.91 Å². The number of nitrogens with zero attached hydrogens (tertiary/aromatic N) is 1. The van der Waals surface area contributed by atoms with E-state index in [-0.39, 0.29) is 23.8 Å². The fraction of sp³-hybridized carbons (Fsp3) is 0.308. The van der Waals surface area contributed by atoms with E-state index in [4.69, 9.17) is 22.0 Å². The maximum atomic E-state index is 11.6. The second-order valence-electron chi connectivity index (χ2n) is 4.13. The maximum absolute atomic E-state index is 11.6. The lowest BCUT2D eigenvalue weighted by Gasteiger charge is -2.08. The van der Waals surface area contributed by atoms with Crippen LogP contribution in [0.1, 0.15) is 25.3 Å². The van der Waals surface area contributed by atoms with Gasteiger partial charge in [0.05, 0.1) is 16.5 Å². The van der Waals surface area contributed by atoms with Crippen molar-refractivity contribution in [2.45, 2.75) is 19.8 Å². The van der Waals surface area contributed by atoms with E-state index in [1.165, 1.54) is 12.1 Å². The van der Waals surface area contributed by atoms with Gasteiger partial charge < -0.3 is 10.4 Å². The highest BCUT2D eigenvalue weighted by Crippen LogP contribution is 2.20. The third kappa shape index (κ3) is 4.60. The average molecular weight is 281 g/mol. The zero-order chi connectivity index (χ0) is 14.4. The molecule has 0 saturated heterocycles. The van der Waals surface area contributed by atoms with Gasteiger partial charge in [-0.15, -0.1) is 0 Å². The number of benzene rings is 1. The Kier molecular flexibility index (Phi) is 5.34. The van der Waals surface area contributed by atoms with Crippen molar-refractivity contribution in [3.05, 3.63) is 28.8 Å². The quantitative estimate of drug-likeness (QED) is 0.867. The molecule has 19 heavy (non-hydrogen) atoms. The maximum Gasteiger partial charge on any atom is 0.306 e. The Labute approximate surface area is 115 Å². The van der Waals surface area contributed by atoms with Gasteiger partial charge in [0.1, 0.15) is 6.07 Å². The van der Waals surface area contributed by atoms with Crippen LogP contribution in [0.25, 0.3) is 0 Å². The molecule has 0 radical (unpaired) electrons. The number of amides is 1. The number of anilines is 1. The van der Waals surface area contributed by atoms with Gasteiger partial charge in [-0.25, -0.2) is 0 Å². The molecule has 0 spiro atoms. The van der Waals surface area contributed by atoms with Crippen molar-refractivity contribution in [2.24, 2.45) is 5.92 Å². The molecule has 0 bridgehead atoms. The van der Waals surface area contributed by atoms with Gasteiger partial charge in [-0.2, -0.15) is 5.26 Å². The molecule has 0 aliphatic rings. The number of nitriles is 1. The van der Waals surface area contributed by atoms with E-state index >= 15 is 0 Å². The lowest BCUT2D eigenvalue weighted by atomic mass is 10.1. The number of carbonyl (C=O) groups is 2. The van der Waals surface area contributed by atoms with Gasteiger partial charge in [-0.3, -0.25) is 9.59 Å². The molecule has 100 valence electrons. The van der Waals surface area contributed by atoms with Crippen LogP contribution in [-0.4, -0.2) is 17.0 Å². The summed E-state index contributed by atoms with van der Waals surface area (Å²) in [5, 5.41) is 20.3. The highest BCUT2D eigenvalue weighted by Gasteiger charge is 2.13. The first kappa shape index (κ1) is 15.0. The molecule has 1 aromatic carbocycles. The highest BCUT2D eigenvalue weighted by atomic mass is 35.5. The Bertz CT molecular complexity index is 537. The van der Waals surface area contributed by atoms with E-state index in [9.17, 15) is 9.59 Å². The molecular formula is C13H13ClN2O3. The number of carboxylic acids is 1. The van der Waals surface area contributed by atoms with Gasteiger partial charge in [0.25, 0.3) is 0 Å². The van der Waals surface area contributed by atoms with Crippen molar-refractivity contribution in [2.75, 3.05) is 5.32 Å². The number of rotatable bonds is 5. The van der Waals surface area contributed by atoms with Crippen LogP contribution < -0.4 is 5.32 Å². The van der Waals surface area contributed by atoms with Crippen LogP contribution in [0.15, 0.2) is 18.2 Å². The zero-order valence-corrected chi connectivity index (χ0v) is 11.1. The first-order valence-electron chi connectivity index (χ1n) is 5.66. The Morgan fingerprint density at radius 1 is 1.53 bits per heavy atom. The second kappa shape index (κ2) is 6.76. The monoisotopic (exact) mass is 280 g/mol. The predicted octanol–water partition coefficient (Wildman–Crippen LogP) is 2.65. The summed E-state index contributed by atoms with van der Waals surface area (Å²) in [5.74, 6) is -1.77. The van der Waals surface area contributed by atoms with E-state index in [1.807, 2.05) is 6.07 Å². The molecule has 1 rings (SSSR count). The van der Waals surface area contributed by atoms with Gasteiger partial charge in [0.15, 0.2) is 0 Å². The largest absolute Gasteiger partial charge is 0.481 e. The van der Waals surface area contributed by atoms with E-state index < -0.39 is 11.9 Å². The number of nitrogens with one attached hydrogen (secondary N) is 1. The molecule has 1 amide bonds. The molecule has 0 unspecified atom stereocenters. The summed E-state index contributed by atoms with van der Waals surface area (Å²) in [6.45, 7) is 1.55. The molecule has 6 heteroatoms. The van der Waals surface area contributed by atoms with E-state index in [0.29, 0.717) is 11.3 Å². The van der Waals surface area contributed by atoms with Crippen molar-refractivity contribution in [1.29, 1.82) is 5.26 Å². The minimum absolute atomic E-state index is 0.116. The molecule has 0 saturated carbocycles. The van der Waals surface area contributed by atoms with E-state index in [0.717, 1.165) is 0 Å². The second-order valence-corrected chi connectivity index (χ2v) is 4.54. The fourth-order valence-corrected chi connectivity index (χ4v) is 1.60. The Morgan fingerprint density at radius 2 is 2.21 bits per heavy atom. The first-order chi connectivity index (χ1) is 8.93. The number of carbonyl (C=O) groups excluding carboxylic acids is 1. The molecule has 0 aliphatic carbocycles. The number of hydrogen-bond acceptors (Lipinski definition) is 3. The third-order valence-electron chi connectivity index (χ3n) is 2.60. The molecule has 1 aromatic rings. The lowest BCUT2D eigenvalue weighted by Crippen LogP contribution is -2.16. The Balaban J connectivity index is 2.56. The summed E-state index contributed by atoms with van der Waals surface area (Å²) < 4.78 is 0. The van der Waals surface area contributed by atoms with Crippen LogP contribution in [0.5, 0.6) is 0 Å². The third-order valence-corrected chi connectivity index (χ3v) is 2.91. The molecule has 2 N–H and O–H groups in total. The molecule has 1 atom stereocenters. The molecule has 5 nitrogen and oxygen atoms in total. The summed E-state index contributed by atoms with van der Waals surface area (Å²) in [6, 6.07) is 6.49.